The molecule has 0 saturated heterocycles. The SMILES string of the molecule is CN=C(NCc1cccc(COC)c1)N(C)Cc1cc(Br)cn1C. The van der Waals surface area contributed by atoms with Crippen molar-refractivity contribution < 1.29 is 4.74 Å². The minimum absolute atomic E-state index is 0.630. The molecule has 0 atom stereocenters. The summed E-state index contributed by atoms with van der Waals surface area (Å²) in [5.74, 6) is 0.865. The summed E-state index contributed by atoms with van der Waals surface area (Å²) in [6.07, 6.45) is 2.06. The van der Waals surface area contributed by atoms with E-state index in [1.807, 2.05) is 14.1 Å². The van der Waals surface area contributed by atoms with Gasteiger partial charge >= 0.3 is 0 Å². The van der Waals surface area contributed by atoms with Crippen LogP contribution in [0.25, 0.3) is 0 Å². The molecule has 0 aliphatic rings. The lowest BCUT2D eigenvalue weighted by Gasteiger charge is -2.22. The molecule has 5 nitrogen and oxygen atoms in total. The number of aromatic nitrogens is 1. The molecule has 1 heterocycles. The number of guanidine groups is 1. The van der Waals surface area contributed by atoms with Gasteiger partial charge in [-0.15, -0.1) is 0 Å². The summed E-state index contributed by atoms with van der Waals surface area (Å²) in [4.78, 5) is 6.49. The van der Waals surface area contributed by atoms with Crippen LogP contribution in [0.5, 0.6) is 0 Å². The molecule has 0 bridgehead atoms. The Morgan fingerprint density at radius 2 is 2.08 bits per heavy atom. The van der Waals surface area contributed by atoms with Crippen molar-refractivity contribution in [2.45, 2.75) is 19.7 Å². The summed E-state index contributed by atoms with van der Waals surface area (Å²) in [6, 6.07) is 10.5. The van der Waals surface area contributed by atoms with E-state index in [1.165, 1.54) is 16.8 Å². The van der Waals surface area contributed by atoms with E-state index < -0.39 is 0 Å². The van der Waals surface area contributed by atoms with Gasteiger partial charge in [-0.1, -0.05) is 24.3 Å². The monoisotopic (exact) mass is 392 g/mol. The number of nitrogens with zero attached hydrogens (tertiary/aromatic N) is 3. The molecule has 1 aromatic heterocycles. The summed E-state index contributed by atoms with van der Waals surface area (Å²) in [7, 11) is 7.60. The quantitative estimate of drug-likeness (QED) is 0.606. The molecular formula is C18H25BrN4O. The van der Waals surface area contributed by atoms with E-state index in [1.54, 1.807) is 14.2 Å². The van der Waals surface area contributed by atoms with Gasteiger partial charge < -0.3 is 19.5 Å². The van der Waals surface area contributed by atoms with Crippen LogP contribution in [-0.4, -0.2) is 36.6 Å². The molecule has 6 heteroatoms. The first-order chi connectivity index (χ1) is 11.5. The van der Waals surface area contributed by atoms with Crippen LogP contribution >= 0.6 is 15.9 Å². The van der Waals surface area contributed by atoms with Crippen molar-refractivity contribution in [3.63, 3.8) is 0 Å². The fourth-order valence-corrected chi connectivity index (χ4v) is 3.17. The molecule has 0 fully saturated rings. The smallest absolute Gasteiger partial charge is 0.194 e. The van der Waals surface area contributed by atoms with Gasteiger partial charge in [-0.05, 0) is 33.1 Å². The molecule has 2 aromatic rings. The molecular weight excluding hydrogens is 368 g/mol. The van der Waals surface area contributed by atoms with Crippen LogP contribution in [0.3, 0.4) is 0 Å². The van der Waals surface area contributed by atoms with Crippen molar-refractivity contribution in [1.82, 2.24) is 14.8 Å². The average molecular weight is 393 g/mol. The van der Waals surface area contributed by atoms with Gasteiger partial charge in [0.1, 0.15) is 0 Å². The molecule has 1 aromatic carbocycles. The number of aliphatic imine (C=N–C) groups is 1. The first-order valence-corrected chi connectivity index (χ1v) is 8.62. The van der Waals surface area contributed by atoms with Crippen LogP contribution in [0.15, 0.2) is 46.0 Å². The second-order valence-corrected chi connectivity index (χ2v) is 6.69. The van der Waals surface area contributed by atoms with Crippen molar-refractivity contribution in [3.8, 4) is 0 Å². The van der Waals surface area contributed by atoms with E-state index >= 15 is 0 Å². The van der Waals surface area contributed by atoms with Crippen LogP contribution in [0, 0.1) is 0 Å². The standard InChI is InChI=1S/C18H25BrN4O/c1-20-18(23(3)12-17-9-16(19)11-22(17)2)21-10-14-6-5-7-15(8-14)13-24-4/h5-9,11H,10,12-13H2,1-4H3,(H,20,21). The topological polar surface area (TPSA) is 41.8 Å². The van der Waals surface area contributed by atoms with Crippen LogP contribution in [0.1, 0.15) is 16.8 Å². The Bertz CT molecular complexity index is 696. The number of hydrogen-bond donors (Lipinski definition) is 1. The van der Waals surface area contributed by atoms with Gasteiger partial charge in [-0.25, -0.2) is 0 Å². The molecule has 2 rings (SSSR count). The molecule has 0 saturated carbocycles. The predicted molar refractivity (Wildman–Crippen MR) is 102 cm³/mol. The van der Waals surface area contributed by atoms with Crippen LogP contribution in [0.2, 0.25) is 0 Å². The number of hydrogen-bond acceptors (Lipinski definition) is 2. The van der Waals surface area contributed by atoms with Crippen LogP contribution < -0.4 is 5.32 Å². The zero-order valence-electron chi connectivity index (χ0n) is 14.7. The molecule has 24 heavy (non-hydrogen) atoms. The summed E-state index contributed by atoms with van der Waals surface area (Å²) in [5.41, 5.74) is 3.60. The fourth-order valence-electron chi connectivity index (χ4n) is 2.60. The van der Waals surface area contributed by atoms with E-state index in [2.05, 4.69) is 72.2 Å². The highest BCUT2D eigenvalue weighted by molar-refractivity contribution is 9.10. The number of benzene rings is 1. The van der Waals surface area contributed by atoms with Gasteiger partial charge in [0.2, 0.25) is 0 Å². The van der Waals surface area contributed by atoms with Gasteiger partial charge in [0.05, 0.1) is 13.2 Å². The number of halogens is 1. The lowest BCUT2D eigenvalue weighted by atomic mass is 10.1. The number of nitrogens with one attached hydrogen (secondary N) is 1. The van der Waals surface area contributed by atoms with Crippen molar-refractivity contribution in [3.05, 3.63) is 57.8 Å². The minimum atomic E-state index is 0.630. The Morgan fingerprint density at radius 1 is 1.33 bits per heavy atom. The fraction of sp³-hybridized carbons (Fsp3) is 0.389. The van der Waals surface area contributed by atoms with E-state index in [9.17, 15) is 0 Å². The summed E-state index contributed by atoms with van der Waals surface area (Å²) < 4.78 is 8.39. The van der Waals surface area contributed by atoms with E-state index in [0.29, 0.717) is 6.61 Å². The second-order valence-electron chi connectivity index (χ2n) is 5.77. The predicted octanol–water partition coefficient (Wildman–Crippen LogP) is 3.14. The highest BCUT2D eigenvalue weighted by atomic mass is 79.9. The molecule has 0 spiro atoms. The molecule has 0 aliphatic carbocycles. The third-order valence-corrected chi connectivity index (χ3v) is 4.23. The highest BCUT2D eigenvalue weighted by Gasteiger charge is 2.09. The van der Waals surface area contributed by atoms with Gasteiger partial charge in [-0.3, -0.25) is 4.99 Å². The Morgan fingerprint density at radius 3 is 2.71 bits per heavy atom. The summed E-state index contributed by atoms with van der Waals surface area (Å²) in [6.45, 7) is 2.14. The van der Waals surface area contributed by atoms with E-state index in [4.69, 9.17) is 4.74 Å². The van der Waals surface area contributed by atoms with Crippen molar-refractivity contribution in [1.29, 1.82) is 0 Å². The maximum atomic E-state index is 5.19. The van der Waals surface area contributed by atoms with Crippen molar-refractivity contribution in [2.75, 3.05) is 21.2 Å². The van der Waals surface area contributed by atoms with E-state index in [-0.39, 0.29) is 0 Å². The third kappa shape index (κ3) is 5.11. The van der Waals surface area contributed by atoms with E-state index in [0.717, 1.165) is 23.5 Å². The van der Waals surface area contributed by atoms with Gasteiger partial charge in [0, 0.05) is 51.2 Å². The average Bonchev–Trinajstić information content (AvgIpc) is 2.86. The van der Waals surface area contributed by atoms with Gasteiger partial charge in [-0.2, -0.15) is 0 Å². The van der Waals surface area contributed by atoms with Crippen molar-refractivity contribution in [2.24, 2.45) is 12.0 Å². The molecule has 1 N–H and O–H groups in total. The third-order valence-electron chi connectivity index (χ3n) is 3.80. The maximum Gasteiger partial charge on any atom is 0.194 e. The largest absolute Gasteiger partial charge is 0.380 e. The van der Waals surface area contributed by atoms with Gasteiger partial charge in [0.25, 0.3) is 0 Å². The Balaban J connectivity index is 1.96. The van der Waals surface area contributed by atoms with Crippen LogP contribution in [0.4, 0.5) is 0 Å². The molecule has 0 radical (unpaired) electrons. The Labute approximate surface area is 152 Å². The molecule has 0 amide bonds. The summed E-state index contributed by atoms with van der Waals surface area (Å²) in [5, 5.41) is 3.42. The second kappa shape index (κ2) is 8.89. The lowest BCUT2D eigenvalue weighted by Crippen LogP contribution is -2.38. The van der Waals surface area contributed by atoms with Gasteiger partial charge in [0.15, 0.2) is 5.96 Å². The van der Waals surface area contributed by atoms with Crippen molar-refractivity contribution >= 4 is 21.9 Å². The zero-order valence-corrected chi connectivity index (χ0v) is 16.3. The van der Waals surface area contributed by atoms with Crippen LogP contribution in [-0.2, 0) is 31.5 Å². The molecule has 130 valence electrons. The molecule has 0 unspecified atom stereocenters. The maximum absolute atomic E-state index is 5.19. The number of aryl methyl sites for hydroxylation is 1. The minimum Gasteiger partial charge on any atom is -0.380 e. The lowest BCUT2D eigenvalue weighted by molar-refractivity contribution is 0.185. The number of rotatable bonds is 6. The first-order valence-electron chi connectivity index (χ1n) is 7.82. The number of methoxy groups -OCH3 is 1. The zero-order chi connectivity index (χ0) is 17.5. The number of ether oxygens (including phenoxy) is 1. The molecule has 0 aliphatic heterocycles. The summed E-state index contributed by atoms with van der Waals surface area (Å²) >= 11 is 3.51. The Hall–Kier alpha value is -1.79. The normalized spacial score (nSPS) is 11.6. The Kier molecular flexibility index (Phi) is 6.87. The first kappa shape index (κ1) is 18.5. The highest BCUT2D eigenvalue weighted by Crippen LogP contribution is 2.15.